The molecule has 0 fully saturated rings. The molecule has 2 rings (SSSR count). The third kappa shape index (κ3) is 2.47. The van der Waals surface area contributed by atoms with E-state index >= 15 is 0 Å². The number of carbonyl (C=O) groups excluding carboxylic acids is 1. The molecule has 0 spiro atoms. The molecule has 0 amide bonds. The van der Waals surface area contributed by atoms with E-state index in [2.05, 4.69) is 26.0 Å². The summed E-state index contributed by atoms with van der Waals surface area (Å²) in [7, 11) is 1.86. The Morgan fingerprint density at radius 3 is 2.88 bits per heavy atom. The number of thiazole rings is 1. The number of nitrogens with zero attached hydrogens (tertiary/aromatic N) is 3. The lowest BCUT2D eigenvalue weighted by atomic mass is 10.2. The minimum Gasteiger partial charge on any atom is -0.293 e. The quantitative estimate of drug-likeness (QED) is 0.815. The van der Waals surface area contributed by atoms with Gasteiger partial charge < -0.3 is 0 Å². The zero-order valence-electron chi connectivity index (χ0n) is 9.61. The van der Waals surface area contributed by atoms with E-state index in [0.717, 1.165) is 22.3 Å². The van der Waals surface area contributed by atoms with Crippen molar-refractivity contribution in [1.29, 1.82) is 0 Å². The number of ketones is 1. The predicted octanol–water partition coefficient (Wildman–Crippen LogP) is 2.63. The summed E-state index contributed by atoms with van der Waals surface area (Å²) in [5.41, 5.74) is 3.57. The standard InChI is InChI=1S/C11H12BrN3OS/c1-3-7-11(12)8(15(2)14-7)4-9(16)10-5-13-6-17-10/h5-6H,3-4H2,1-2H3. The van der Waals surface area contributed by atoms with Gasteiger partial charge in [-0.3, -0.25) is 14.5 Å². The monoisotopic (exact) mass is 313 g/mol. The highest BCUT2D eigenvalue weighted by molar-refractivity contribution is 9.10. The van der Waals surface area contributed by atoms with Crippen LogP contribution in [-0.4, -0.2) is 20.5 Å². The number of carbonyl (C=O) groups is 1. The van der Waals surface area contributed by atoms with Crippen LogP contribution in [0.25, 0.3) is 0 Å². The smallest absolute Gasteiger partial charge is 0.180 e. The summed E-state index contributed by atoms with van der Waals surface area (Å²) in [5, 5.41) is 4.37. The molecule has 0 aliphatic rings. The van der Waals surface area contributed by atoms with Crippen molar-refractivity contribution in [2.45, 2.75) is 19.8 Å². The fourth-order valence-electron chi connectivity index (χ4n) is 1.60. The van der Waals surface area contributed by atoms with Crippen molar-refractivity contribution in [2.24, 2.45) is 7.05 Å². The topological polar surface area (TPSA) is 47.8 Å². The second kappa shape index (κ2) is 5.10. The summed E-state index contributed by atoms with van der Waals surface area (Å²) in [4.78, 5) is 16.6. The average molecular weight is 314 g/mol. The van der Waals surface area contributed by atoms with Crippen molar-refractivity contribution in [2.75, 3.05) is 0 Å². The Bertz CT molecular complexity index is 533. The molecule has 2 aromatic heterocycles. The third-order valence-corrected chi connectivity index (χ3v) is 4.27. The third-order valence-electron chi connectivity index (χ3n) is 2.54. The van der Waals surface area contributed by atoms with Crippen LogP contribution in [0.15, 0.2) is 16.2 Å². The maximum absolute atomic E-state index is 12.0. The van der Waals surface area contributed by atoms with Gasteiger partial charge in [-0.2, -0.15) is 5.10 Å². The van der Waals surface area contributed by atoms with Crippen molar-refractivity contribution in [3.63, 3.8) is 0 Å². The van der Waals surface area contributed by atoms with Crippen LogP contribution in [-0.2, 0) is 19.9 Å². The molecule has 0 aliphatic heterocycles. The molecule has 2 aromatic rings. The molecule has 0 aromatic carbocycles. The largest absolute Gasteiger partial charge is 0.293 e. The minimum atomic E-state index is 0.0823. The number of Topliss-reactive ketones (excluding diaryl/α,β-unsaturated/α-hetero) is 1. The summed E-state index contributed by atoms with van der Waals surface area (Å²) in [6.45, 7) is 2.04. The van der Waals surface area contributed by atoms with Gasteiger partial charge in [0.15, 0.2) is 5.78 Å². The van der Waals surface area contributed by atoms with Gasteiger partial charge in [0.25, 0.3) is 0 Å². The molecule has 0 aliphatic carbocycles. The molecule has 6 heteroatoms. The predicted molar refractivity (Wildman–Crippen MR) is 70.4 cm³/mol. The number of halogens is 1. The summed E-state index contributed by atoms with van der Waals surface area (Å²) in [5.74, 6) is 0.0823. The minimum absolute atomic E-state index is 0.0823. The van der Waals surface area contributed by atoms with Gasteiger partial charge in [0.1, 0.15) is 0 Å². The van der Waals surface area contributed by atoms with Crippen LogP contribution >= 0.6 is 27.3 Å². The van der Waals surface area contributed by atoms with Crippen molar-refractivity contribution < 1.29 is 4.79 Å². The van der Waals surface area contributed by atoms with Gasteiger partial charge in [0.05, 0.1) is 32.7 Å². The van der Waals surface area contributed by atoms with Gasteiger partial charge in [-0.1, -0.05) is 6.92 Å². The molecule has 2 heterocycles. The van der Waals surface area contributed by atoms with E-state index in [1.54, 1.807) is 16.4 Å². The van der Waals surface area contributed by atoms with E-state index in [0.29, 0.717) is 11.3 Å². The molecular formula is C11H12BrN3OS. The zero-order valence-corrected chi connectivity index (χ0v) is 12.0. The number of hydrogen-bond acceptors (Lipinski definition) is 4. The normalized spacial score (nSPS) is 10.8. The Labute approximate surface area is 112 Å². The number of aromatic nitrogens is 3. The van der Waals surface area contributed by atoms with Crippen LogP contribution in [0.2, 0.25) is 0 Å². The van der Waals surface area contributed by atoms with Crippen LogP contribution in [0.4, 0.5) is 0 Å². The molecule has 0 atom stereocenters. The summed E-state index contributed by atoms with van der Waals surface area (Å²) >= 11 is 4.88. The highest BCUT2D eigenvalue weighted by Crippen LogP contribution is 2.23. The van der Waals surface area contributed by atoms with E-state index in [1.807, 2.05) is 14.0 Å². The Hall–Kier alpha value is -1.01. The van der Waals surface area contributed by atoms with Gasteiger partial charge in [0.2, 0.25) is 0 Å². The lowest BCUT2D eigenvalue weighted by Gasteiger charge is -2.00. The van der Waals surface area contributed by atoms with E-state index < -0.39 is 0 Å². The SMILES string of the molecule is CCc1nn(C)c(CC(=O)c2cncs2)c1Br. The van der Waals surface area contributed by atoms with Gasteiger partial charge in [-0.15, -0.1) is 11.3 Å². The van der Waals surface area contributed by atoms with Gasteiger partial charge in [-0.25, -0.2) is 0 Å². The van der Waals surface area contributed by atoms with Crippen LogP contribution in [0, 0.1) is 0 Å². The Balaban J connectivity index is 2.25. The zero-order chi connectivity index (χ0) is 12.4. The first kappa shape index (κ1) is 12.4. The number of hydrogen-bond donors (Lipinski definition) is 0. The number of rotatable bonds is 4. The van der Waals surface area contributed by atoms with Crippen molar-refractivity contribution in [1.82, 2.24) is 14.8 Å². The van der Waals surface area contributed by atoms with Crippen LogP contribution < -0.4 is 0 Å². The first-order valence-corrected chi connectivity index (χ1v) is 6.92. The van der Waals surface area contributed by atoms with E-state index in [-0.39, 0.29) is 5.78 Å². The molecule has 0 saturated carbocycles. The van der Waals surface area contributed by atoms with Gasteiger partial charge in [-0.05, 0) is 22.4 Å². The van der Waals surface area contributed by atoms with E-state index in [9.17, 15) is 4.79 Å². The molecular weight excluding hydrogens is 302 g/mol. The lowest BCUT2D eigenvalue weighted by Crippen LogP contribution is -2.07. The fraction of sp³-hybridized carbons (Fsp3) is 0.364. The molecule has 0 unspecified atom stereocenters. The van der Waals surface area contributed by atoms with E-state index in [4.69, 9.17) is 0 Å². The molecule has 0 bridgehead atoms. The maximum Gasteiger partial charge on any atom is 0.180 e. The molecule has 0 saturated heterocycles. The van der Waals surface area contributed by atoms with Crippen molar-refractivity contribution in [3.8, 4) is 0 Å². The maximum atomic E-state index is 12.0. The Morgan fingerprint density at radius 2 is 2.35 bits per heavy atom. The van der Waals surface area contributed by atoms with Crippen LogP contribution in [0.1, 0.15) is 28.0 Å². The van der Waals surface area contributed by atoms with E-state index in [1.165, 1.54) is 11.3 Å². The number of aryl methyl sites for hydroxylation is 2. The molecule has 0 radical (unpaired) electrons. The summed E-state index contributed by atoms with van der Waals surface area (Å²) in [6, 6.07) is 0. The highest BCUT2D eigenvalue weighted by Gasteiger charge is 2.17. The molecule has 0 N–H and O–H groups in total. The first-order chi connectivity index (χ1) is 8.13. The summed E-state index contributed by atoms with van der Waals surface area (Å²) in [6.07, 6.45) is 2.81. The van der Waals surface area contributed by atoms with Gasteiger partial charge >= 0.3 is 0 Å². The highest BCUT2D eigenvalue weighted by atomic mass is 79.9. The lowest BCUT2D eigenvalue weighted by molar-refractivity contribution is 0.0994. The first-order valence-electron chi connectivity index (χ1n) is 5.25. The second-order valence-electron chi connectivity index (χ2n) is 3.65. The Morgan fingerprint density at radius 1 is 1.59 bits per heavy atom. The van der Waals surface area contributed by atoms with Crippen LogP contribution in [0.5, 0.6) is 0 Å². The second-order valence-corrected chi connectivity index (χ2v) is 5.33. The van der Waals surface area contributed by atoms with Crippen LogP contribution in [0.3, 0.4) is 0 Å². The molecule has 17 heavy (non-hydrogen) atoms. The fourth-order valence-corrected chi connectivity index (χ4v) is 2.92. The Kier molecular flexibility index (Phi) is 3.73. The summed E-state index contributed by atoms with van der Waals surface area (Å²) < 4.78 is 2.71. The average Bonchev–Trinajstić information content (AvgIpc) is 2.92. The van der Waals surface area contributed by atoms with Crippen molar-refractivity contribution in [3.05, 3.63) is 32.4 Å². The molecule has 90 valence electrons. The van der Waals surface area contributed by atoms with Gasteiger partial charge in [0, 0.05) is 13.2 Å². The van der Waals surface area contributed by atoms with Crippen molar-refractivity contribution >= 4 is 33.0 Å². The molecule has 4 nitrogen and oxygen atoms in total.